The van der Waals surface area contributed by atoms with Gasteiger partial charge in [-0.15, -0.1) is 24.0 Å². The van der Waals surface area contributed by atoms with Crippen LogP contribution in [0.3, 0.4) is 0 Å². The lowest BCUT2D eigenvalue weighted by molar-refractivity contribution is -0.127. The summed E-state index contributed by atoms with van der Waals surface area (Å²) in [5.74, 6) is 2.30. The van der Waals surface area contributed by atoms with Gasteiger partial charge in [-0.1, -0.05) is 6.92 Å². The smallest absolute Gasteiger partial charge is 0.243 e. The van der Waals surface area contributed by atoms with Gasteiger partial charge in [0.05, 0.1) is 14.2 Å². The van der Waals surface area contributed by atoms with Gasteiger partial charge in [-0.05, 0) is 30.5 Å². The van der Waals surface area contributed by atoms with Crippen molar-refractivity contribution in [3.63, 3.8) is 0 Å². The number of hydrogen-bond acceptors (Lipinski definition) is 5. The first-order valence-electron chi connectivity index (χ1n) is 10.1. The lowest BCUT2D eigenvalue weighted by atomic mass is 10.2. The van der Waals surface area contributed by atoms with Gasteiger partial charge in [0.25, 0.3) is 0 Å². The van der Waals surface area contributed by atoms with Crippen molar-refractivity contribution >= 4 is 35.8 Å². The predicted molar refractivity (Wildman–Crippen MR) is 131 cm³/mol. The molecule has 1 aliphatic heterocycles. The summed E-state index contributed by atoms with van der Waals surface area (Å²) in [6, 6.07) is 6.27. The highest BCUT2D eigenvalue weighted by Gasteiger charge is 2.23. The van der Waals surface area contributed by atoms with Crippen LogP contribution in [0, 0.1) is 0 Å². The SMILES string of the molecule is CCCNC(=NCC(=O)N(C)C)NC1CCN(Cc2cc(OC)cc(OC)c2)C1.I. The second-order valence-electron chi connectivity index (χ2n) is 7.47. The molecule has 9 heteroatoms. The lowest BCUT2D eigenvalue weighted by Crippen LogP contribution is -2.45. The average molecular weight is 533 g/mol. The highest BCUT2D eigenvalue weighted by atomic mass is 127. The van der Waals surface area contributed by atoms with E-state index in [-0.39, 0.29) is 36.4 Å². The molecule has 1 heterocycles. The van der Waals surface area contributed by atoms with Crippen LogP contribution in [0.25, 0.3) is 0 Å². The number of nitrogens with one attached hydrogen (secondary N) is 2. The molecule has 1 aliphatic rings. The van der Waals surface area contributed by atoms with Gasteiger partial charge < -0.3 is 25.0 Å². The Labute approximate surface area is 197 Å². The summed E-state index contributed by atoms with van der Waals surface area (Å²) in [6.07, 6.45) is 2.02. The maximum absolute atomic E-state index is 11.9. The Hall–Kier alpha value is -1.75. The van der Waals surface area contributed by atoms with Crippen LogP contribution >= 0.6 is 24.0 Å². The molecule has 0 radical (unpaired) electrons. The van der Waals surface area contributed by atoms with E-state index in [1.54, 1.807) is 33.2 Å². The number of halogens is 1. The van der Waals surface area contributed by atoms with E-state index in [9.17, 15) is 4.79 Å². The van der Waals surface area contributed by atoms with E-state index in [2.05, 4.69) is 27.4 Å². The molecule has 8 nitrogen and oxygen atoms in total. The van der Waals surface area contributed by atoms with E-state index in [0.29, 0.717) is 12.0 Å². The van der Waals surface area contributed by atoms with E-state index >= 15 is 0 Å². The van der Waals surface area contributed by atoms with Crippen molar-refractivity contribution in [1.82, 2.24) is 20.4 Å². The Morgan fingerprint density at radius 2 is 1.90 bits per heavy atom. The molecular weight excluding hydrogens is 497 g/mol. The number of benzene rings is 1. The number of nitrogens with zero attached hydrogens (tertiary/aromatic N) is 3. The van der Waals surface area contributed by atoms with Gasteiger partial charge in [0.2, 0.25) is 5.91 Å². The third kappa shape index (κ3) is 8.55. The number of rotatable bonds is 9. The number of guanidine groups is 1. The molecule has 0 aromatic heterocycles. The first-order valence-corrected chi connectivity index (χ1v) is 10.1. The van der Waals surface area contributed by atoms with Crippen LogP contribution in [0.4, 0.5) is 0 Å². The number of aliphatic imine (C=N–C) groups is 1. The molecule has 30 heavy (non-hydrogen) atoms. The molecule has 1 aromatic rings. The Balaban J connectivity index is 0.00000450. The zero-order valence-corrected chi connectivity index (χ0v) is 21.1. The number of likely N-dealkylation sites (tertiary alicyclic amines) is 1. The van der Waals surface area contributed by atoms with Crippen molar-refractivity contribution in [2.24, 2.45) is 4.99 Å². The number of carbonyl (C=O) groups is 1. The number of amides is 1. The third-order valence-electron chi connectivity index (χ3n) is 4.84. The summed E-state index contributed by atoms with van der Waals surface area (Å²) in [7, 11) is 6.82. The van der Waals surface area contributed by atoms with E-state index in [4.69, 9.17) is 9.47 Å². The van der Waals surface area contributed by atoms with Gasteiger partial charge >= 0.3 is 0 Å². The second kappa shape index (κ2) is 13.5. The zero-order chi connectivity index (χ0) is 21.2. The molecule has 0 aliphatic carbocycles. The van der Waals surface area contributed by atoms with Crippen molar-refractivity contribution in [1.29, 1.82) is 0 Å². The van der Waals surface area contributed by atoms with Crippen molar-refractivity contribution in [3.8, 4) is 11.5 Å². The molecule has 0 spiro atoms. The highest BCUT2D eigenvalue weighted by Crippen LogP contribution is 2.24. The Morgan fingerprint density at radius 1 is 1.23 bits per heavy atom. The number of likely N-dealkylation sites (N-methyl/N-ethyl adjacent to an activating group) is 1. The topological polar surface area (TPSA) is 78.4 Å². The van der Waals surface area contributed by atoms with Crippen LogP contribution in [-0.2, 0) is 11.3 Å². The van der Waals surface area contributed by atoms with Gasteiger partial charge in [-0.2, -0.15) is 0 Å². The van der Waals surface area contributed by atoms with Crippen molar-refractivity contribution in [2.45, 2.75) is 32.4 Å². The van der Waals surface area contributed by atoms with Gasteiger partial charge in [0, 0.05) is 52.4 Å². The zero-order valence-electron chi connectivity index (χ0n) is 18.7. The molecule has 1 atom stereocenters. The molecule has 1 saturated heterocycles. The highest BCUT2D eigenvalue weighted by molar-refractivity contribution is 14.0. The summed E-state index contributed by atoms with van der Waals surface area (Å²) in [6.45, 7) is 5.81. The number of ether oxygens (including phenoxy) is 2. The quantitative estimate of drug-likeness (QED) is 0.287. The van der Waals surface area contributed by atoms with Crippen molar-refractivity contribution in [3.05, 3.63) is 23.8 Å². The standard InChI is InChI=1S/C21H35N5O3.HI/c1-6-8-22-21(23-13-20(27)25(2)3)24-17-7-9-26(15-17)14-16-10-18(28-4)12-19(11-16)29-5;/h10-12,17H,6-9,13-15H2,1-5H3,(H2,22,23,24);1H. The molecule has 0 saturated carbocycles. The van der Waals surface area contributed by atoms with E-state index < -0.39 is 0 Å². The van der Waals surface area contributed by atoms with Crippen LogP contribution in [0.2, 0.25) is 0 Å². The predicted octanol–water partition coefficient (Wildman–Crippen LogP) is 1.93. The summed E-state index contributed by atoms with van der Waals surface area (Å²) in [5.41, 5.74) is 1.16. The van der Waals surface area contributed by atoms with Crippen LogP contribution in [0.15, 0.2) is 23.2 Å². The third-order valence-corrected chi connectivity index (χ3v) is 4.84. The molecule has 170 valence electrons. The molecule has 1 fully saturated rings. The molecule has 1 amide bonds. The van der Waals surface area contributed by atoms with Gasteiger partial charge in [0.1, 0.15) is 18.0 Å². The van der Waals surface area contributed by atoms with Gasteiger partial charge in [-0.3, -0.25) is 9.69 Å². The Bertz CT molecular complexity index is 677. The Kier molecular flexibility index (Phi) is 11.9. The summed E-state index contributed by atoms with van der Waals surface area (Å²) in [4.78, 5) is 20.3. The fourth-order valence-electron chi connectivity index (χ4n) is 3.19. The van der Waals surface area contributed by atoms with Gasteiger partial charge in [-0.25, -0.2) is 4.99 Å². The minimum Gasteiger partial charge on any atom is -0.497 e. The van der Waals surface area contributed by atoms with Crippen LogP contribution < -0.4 is 20.1 Å². The van der Waals surface area contributed by atoms with Crippen LogP contribution in [0.1, 0.15) is 25.3 Å². The Morgan fingerprint density at radius 3 is 2.47 bits per heavy atom. The average Bonchev–Trinajstić information content (AvgIpc) is 3.15. The normalized spacial score (nSPS) is 16.6. The fourth-order valence-corrected chi connectivity index (χ4v) is 3.19. The number of methoxy groups -OCH3 is 2. The minimum absolute atomic E-state index is 0. The summed E-state index contributed by atoms with van der Waals surface area (Å²) in [5, 5.41) is 6.78. The largest absolute Gasteiger partial charge is 0.497 e. The first-order chi connectivity index (χ1) is 13.9. The lowest BCUT2D eigenvalue weighted by Gasteiger charge is -2.20. The van der Waals surface area contributed by atoms with Crippen molar-refractivity contribution < 1.29 is 14.3 Å². The summed E-state index contributed by atoms with van der Waals surface area (Å²) < 4.78 is 10.7. The van der Waals surface area contributed by atoms with Crippen molar-refractivity contribution in [2.75, 3.05) is 54.5 Å². The molecule has 0 bridgehead atoms. The monoisotopic (exact) mass is 533 g/mol. The molecule has 2 N–H and O–H groups in total. The second-order valence-corrected chi connectivity index (χ2v) is 7.47. The maximum Gasteiger partial charge on any atom is 0.243 e. The van der Waals surface area contributed by atoms with Crippen LogP contribution in [-0.4, -0.2) is 82.2 Å². The molecule has 2 rings (SSSR count). The fraction of sp³-hybridized carbons (Fsp3) is 0.619. The molecule has 1 unspecified atom stereocenters. The minimum atomic E-state index is -0.0115. The van der Waals surface area contributed by atoms with E-state index in [1.165, 1.54) is 0 Å². The van der Waals surface area contributed by atoms with E-state index in [0.717, 1.165) is 56.1 Å². The number of hydrogen-bond donors (Lipinski definition) is 2. The summed E-state index contributed by atoms with van der Waals surface area (Å²) >= 11 is 0. The maximum atomic E-state index is 11.9. The van der Waals surface area contributed by atoms with Crippen LogP contribution in [0.5, 0.6) is 11.5 Å². The van der Waals surface area contributed by atoms with E-state index in [1.807, 2.05) is 18.2 Å². The van der Waals surface area contributed by atoms with Gasteiger partial charge in [0.15, 0.2) is 5.96 Å². The molecular formula is C21H36IN5O3. The first kappa shape index (κ1) is 26.3. The molecule has 1 aromatic carbocycles. The number of carbonyl (C=O) groups excluding carboxylic acids is 1.